The first-order valence-electron chi connectivity index (χ1n) is 9.10. The van der Waals surface area contributed by atoms with Gasteiger partial charge in [-0.05, 0) is 48.2 Å². The smallest absolute Gasteiger partial charge is 0.336 e. The number of ketones is 1. The summed E-state index contributed by atoms with van der Waals surface area (Å²) in [6, 6.07) is 8.10. The number of ether oxygens (including phenoxy) is 2. The highest BCUT2D eigenvalue weighted by Gasteiger charge is 2.32. The molecular formula is C22H20O6. The number of methoxy groups -OCH3 is 1. The average Bonchev–Trinajstić information content (AvgIpc) is 2.66. The van der Waals surface area contributed by atoms with Crippen LogP contribution >= 0.6 is 0 Å². The van der Waals surface area contributed by atoms with Gasteiger partial charge < -0.3 is 19.0 Å². The molecule has 28 heavy (non-hydrogen) atoms. The molecule has 1 unspecified atom stereocenters. The van der Waals surface area contributed by atoms with Crippen molar-refractivity contribution in [2.75, 3.05) is 7.11 Å². The van der Waals surface area contributed by atoms with E-state index in [1.807, 2.05) is 6.92 Å². The van der Waals surface area contributed by atoms with Crippen molar-refractivity contribution in [3.8, 4) is 17.2 Å². The summed E-state index contributed by atoms with van der Waals surface area (Å²) in [5, 5.41) is 10.7. The van der Waals surface area contributed by atoms with Crippen molar-refractivity contribution in [1.82, 2.24) is 0 Å². The first-order chi connectivity index (χ1) is 13.4. The van der Waals surface area contributed by atoms with Crippen molar-refractivity contribution >= 4 is 16.8 Å². The molecular weight excluding hydrogens is 360 g/mol. The summed E-state index contributed by atoms with van der Waals surface area (Å²) < 4.78 is 16.7. The fourth-order valence-corrected chi connectivity index (χ4v) is 3.78. The van der Waals surface area contributed by atoms with Crippen LogP contribution in [0.25, 0.3) is 11.0 Å². The van der Waals surface area contributed by atoms with Crippen LogP contribution < -0.4 is 15.1 Å². The maximum absolute atomic E-state index is 12.9. The Morgan fingerprint density at radius 3 is 2.68 bits per heavy atom. The van der Waals surface area contributed by atoms with Gasteiger partial charge >= 0.3 is 5.63 Å². The molecule has 3 aromatic rings. The molecule has 1 aromatic heterocycles. The minimum atomic E-state index is -0.557. The molecule has 2 heterocycles. The van der Waals surface area contributed by atoms with E-state index >= 15 is 0 Å². The quantitative estimate of drug-likeness (QED) is 0.689. The summed E-state index contributed by atoms with van der Waals surface area (Å²) in [6.07, 6.45) is 0.199. The van der Waals surface area contributed by atoms with Crippen LogP contribution in [0.3, 0.4) is 0 Å². The molecule has 1 aliphatic heterocycles. The molecule has 1 atom stereocenters. The Morgan fingerprint density at radius 2 is 2.00 bits per heavy atom. The van der Waals surface area contributed by atoms with Crippen LogP contribution in [-0.4, -0.2) is 18.0 Å². The maximum atomic E-state index is 12.9. The highest BCUT2D eigenvalue weighted by Crippen LogP contribution is 2.43. The van der Waals surface area contributed by atoms with Gasteiger partial charge in [0.05, 0.1) is 24.5 Å². The zero-order valence-corrected chi connectivity index (χ0v) is 15.9. The molecule has 0 spiro atoms. The number of aryl methyl sites for hydroxylation is 2. The molecule has 1 N–H and O–H groups in total. The van der Waals surface area contributed by atoms with Gasteiger partial charge in [-0.2, -0.15) is 0 Å². The zero-order valence-electron chi connectivity index (χ0n) is 15.9. The molecule has 2 aromatic carbocycles. The average molecular weight is 380 g/mol. The lowest BCUT2D eigenvalue weighted by Crippen LogP contribution is -2.22. The van der Waals surface area contributed by atoms with Gasteiger partial charge in [-0.25, -0.2) is 4.79 Å². The molecule has 1 aliphatic rings. The lowest BCUT2D eigenvalue weighted by Gasteiger charge is -2.28. The van der Waals surface area contributed by atoms with Crippen LogP contribution in [-0.2, 0) is 6.42 Å². The van der Waals surface area contributed by atoms with Gasteiger partial charge in [-0.15, -0.1) is 0 Å². The van der Waals surface area contributed by atoms with Crippen LogP contribution in [0.4, 0.5) is 0 Å². The second-order valence-electron chi connectivity index (χ2n) is 6.88. The molecule has 144 valence electrons. The molecule has 6 nitrogen and oxygen atoms in total. The van der Waals surface area contributed by atoms with E-state index in [0.29, 0.717) is 45.6 Å². The van der Waals surface area contributed by atoms with Crippen molar-refractivity contribution in [3.63, 3.8) is 0 Å². The monoisotopic (exact) mass is 380 g/mol. The van der Waals surface area contributed by atoms with Gasteiger partial charge in [-0.3, -0.25) is 4.79 Å². The number of fused-ring (bicyclic) bond motifs is 3. The number of benzene rings is 2. The number of carbonyl (C=O) groups is 1. The highest BCUT2D eigenvalue weighted by atomic mass is 16.5. The fraction of sp³-hybridized carbons (Fsp3) is 0.273. The van der Waals surface area contributed by atoms with E-state index in [9.17, 15) is 14.7 Å². The summed E-state index contributed by atoms with van der Waals surface area (Å²) in [5.41, 5.74) is 2.65. The van der Waals surface area contributed by atoms with E-state index in [2.05, 4.69) is 0 Å². The number of aromatic hydroxyl groups is 1. The number of hydrogen-bond acceptors (Lipinski definition) is 6. The first-order valence-corrected chi connectivity index (χ1v) is 9.10. The van der Waals surface area contributed by atoms with E-state index in [1.165, 1.54) is 13.2 Å². The van der Waals surface area contributed by atoms with Crippen molar-refractivity contribution < 1.29 is 23.8 Å². The SMILES string of the molecule is CCc1cc(=O)oc2cc(C)c3c(c12)OC(c1ccc(OC)c(O)c1)CC3=O. The van der Waals surface area contributed by atoms with Gasteiger partial charge in [0.25, 0.3) is 0 Å². The summed E-state index contributed by atoms with van der Waals surface area (Å²) in [7, 11) is 1.47. The molecule has 6 heteroatoms. The Morgan fingerprint density at radius 1 is 1.21 bits per heavy atom. The Labute approximate surface area is 161 Å². The largest absolute Gasteiger partial charge is 0.504 e. The molecule has 4 rings (SSSR count). The minimum Gasteiger partial charge on any atom is -0.504 e. The molecule has 0 saturated carbocycles. The number of rotatable bonds is 3. The molecule has 0 bridgehead atoms. The third kappa shape index (κ3) is 2.81. The number of Topliss-reactive ketones (excluding diaryl/α,β-unsaturated/α-hetero) is 1. The standard InChI is InChI=1S/C22H20O6/c1-4-12-9-19(25)27-18-7-11(2)20-15(24)10-17(28-22(20)21(12)18)13-5-6-16(26-3)14(23)8-13/h5-9,17,23H,4,10H2,1-3H3. The second kappa shape index (κ2) is 6.71. The van der Waals surface area contributed by atoms with Crippen molar-refractivity contribution in [3.05, 3.63) is 63.0 Å². The van der Waals surface area contributed by atoms with Gasteiger partial charge in [-0.1, -0.05) is 13.0 Å². The normalized spacial score (nSPS) is 16.0. The molecule has 0 saturated heterocycles. The summed E-state index contributed by atoms with van der Waals surface area (Å²) in [6.45, 7) is 3.74. The first kappa shape index (κ1) is 18.1. The predicted molar refractivity (Wildman–Crippen MR) is 104 cm³/mol. The molecule has 0 fully saturated rings. The van der Waals surface area contributed by atoms with Gasteiger partial charge in [0, 0.05) is 6.07 Å². The van der Waals surface area contributed by atoms with E-state index in [1.54, 1.807) is 31.2 Å². The Balaban J connectivity index is 1.91. The zero-order chi connectivity index (χ0) is 20.0. The van der Waals surface area contributed by atoms with E-state index in [-0.39, 0.29) is 18.0 Å². The van der Waals surface area contributed by atoms with Gasteiger partial charge in [0.2, 0.25) is 0 Å². The summed E-state index contributed by atoms with van der Waals surface area (Å²) in [5.74, 6) is 0.722. The van der Waals surface area contributed by atoms with Crippen LogP contribution in [0.1, 0.15) is 46.5 Å². The summed E-state index contributed by atoms with van der Waals surface area (Å²) in [4.78, 5) is 24.8. The van der Waals surface area contributed by atoms with Crippen LogP contribution in [0.15, 0.2) is 39.5 Å². The van der Waals surface area contributed by atoms with Crippen LogP contribution in [0.5, 0.6) is 17.2 Å². The van der Waals surface area contributed by atoms with E-state index < -0.39 is 11.7 Å². The van der Waals surface area contributed by atoms with E-state index in [4.69, 9.17) is 13.9 Å². The third-order valence-electron chi connectivity index (χ3n) is 5.13. The third-order valence-corrected chi connectivity index (χ3v) is 5.13. The van der Waals surface area contributed by atoms with E-state index in [0.717, 1.165) is 5.56 Å². The summed E-state index contributed by atoms with van der Waals surface area (Å²) >= 11 is 0. The van der Waals surface area contributed by atoms with Crippen molar-refractivity contribution in [1.29, 1.82) is 0 Å². The lowest BCUT2D eigenvalue weighted by atomic mass is 9.90. The van der Waals surface area contributed by atoms with Crippen LogP contribution in [0, 0.1) is 6.92 Å². The Kier molecular flexibility index (Phi) is 4.34. The molecule has 0 aliphatic carbocycles. The Hall–Kier alpha value is -3.28. The number of carbonyl (C=O) groups excluding carboxylic acids is 1. The topological polar surface area (TPSA) is 86.0 Å². The lowest BCUT2D eigenvalue weighted by molar-refractivity contribution is 0.0852. The Bertz CT molecular complexity index is 1160. The van der Waals surface area contributed by atoms with Gasteiger partial charge in [0.15, 0.2) is 17.3 Å². The molecule has 0 radical (unpaired) electrons. The van der Waals surface area contributed by atoms with Gasteiger partial charge in [0.1, 0.15) is 17.4 Å². The van der Waals surface area contributed by atoms with Crippen molar-refractivity contribution in [2.24, 2.45) is 0 Å². The number of phenolic OH excluding ortho intramolecular Hbond substituents is 1. The second-order valence-corrected chi connectivity index (χ2v) is 6.88. The highest BCUT2D eigenvalue weighted by molar-refractivity contribution is 6.07. The van der Waals surface area contributed by atoms with Crippen LogP contribution in [0.2, 0.25) is 0 Å². The molecule has 0 amide bonds. The number of phenols is 1. The minimum absolute atomic E-state index is 0.0174. The predicted octanol–water partition coefficient (Wildman–Crippen LogP) is 4.08. The van der Waals surface area contributed by atoms with Crippen molar-refractivity contribution in [2.45, 2.75) is 32.8 Å². The maximum Gasteiger partial charge on any atom is 0.336 e. The fourth-order valence-electron chi connectivity index (χ4n) is 3.78. The number of hydrogen-bond donors (Lipinski definition) is 1.